The average molecular weight is 747 g/mol. The Morgan fingerprint density at radius 3 is 2.20 bits per heavy atom. The van der Waals surface area contributed by atoms with Gasteiger partial charge >= 0.3 is 0 Å². The van der Waals surface area contributed by atoms with Crippen LogP contribution in [-0.4, -0.2) is 9.97 Å². The van der Waals surface area contributed by atoms with Crippen molar-refractivity contribution in [3.05, 3.63) is 155 Å². The fraction of sp³-hybridized carbons (Fsp3) is 0.184. The standard InChI is InChI=1S/C29H26S.C18H15ClN2O.C2H6/c1-5-11-22(18(3)6-2)27-19(4)29-28(24-15-10-9-14-23(24)27)25-16-20-12-7-8-13-21(20)17-26(25)30-29;1-4-5-6-14-12(3)22-18-16(14)20-15(17(19)21-18)13-9-7-11(2)8-10-13;1-2/h6-17H,5H2,1-4H3;4-10H,1H2,2-3H3;1-2H3/b18-6-,22-11+;6-5-;. The van der Waals surface area contributed by atoms with Crippen LogP contribution in [0.1, 0.15) is 69.1 Å². The van der Waals surface area contributed by atoms with Crippen LogP contribution in [0.3, 0.4) is 0 Å². The molecule has 0 aliphatic heterocycles. The van der Waals surface area contributed by atoms with Crippen molar-refractivity contribution < 1.29 is 4.42 Å². The van der Waals surface area contributed by atoms with Gasteiger partial charge < -0.3 is 4.42 Å². The third-order valence-corrected chi connectivity index (χ3v) is 11.2. The molecule has 5 heteroatoms. The number of nitrogens with zero attached hydrogens (tertiary/aromatic N) is 2. The second-order valence-corrected chi connectivity index (χ2v) is 14.5. The first kappa shape index (κ1) is 38.4. The van der Waals surface area contributed by atoms with E-state index in [-0.39, 0.29) is 0 Å². The van der Waals surface area contributed by atoms with Crippen LogP contribution in [0, 0.1) is 20.8 Å². The Morgan fingerprint density at radius 2 is 1.54 bits per heavy atom. The molecule has 0 N–H and O–H groups in total. The Hall–Kier alpha value is -5.29. The van der Waals surface area contributed by atoms with E-state index in [0.717, 1.165) is 23.3 Å². The van der Waals surface area contributed by atoms with Gasteiger partial charge in [-0.2, -0.15) is 4.98 Å². The van der Waals surface area contributed by atoms with Crippen molar-refractivity contribution in [1.29, 1.82) is 0 Å². The van der Waals surface area contributed by atoms with Crippen LogP contribution < -0.4 is 0 Å². The fourth-order valence-corrected chi connectivity index (χ4v) is 8.47. The number of aromatic nitrogens is 2. The van der Waals surface area contributed by atoms with Crippen LogP contribution in [0.15, 0.2) is 126 Å². The predicted molar refractivity (Wildman–Crippen MR) is 239 cm³/mol. The van der Waals surface area contributed by atoms with Gasteiger partial charge in [-0.1, -0.05) is 142 Å². The van der Waals surface area contributed by atoms with Crippen molar-refractivity contribution in [2.45, 2.75) is 61.8 Å². The van der Waals surface area contributed by atoms with Gasteiger partial charge in [0.1, 0.15) is 17.0 Å². The molecular weight excluding hydrogens is 700 g/mol. The van der Waals surface area contributed by atoms with Gasteiger partial charge in [0.15, 0.2) is 5.15 Å². The summed E-state index contributed by atoms with van der Waals surface area (Å²) < 4.78 is 8.43. The summed E-state index contributed by atoms with van der Waals surface area (Å²) in [4.78, 5) is 9.02. The molecule has 0 unspecified atom stereocenters. The van der Waals surface area contributed by atoms with Crippen LogP contribution in [0.2, 0.25) is 5.15 Å². The number of halogens is 1. The molecule has 0 fully saturated rings. The molecule has 54 heavy (non-hydrogen) atoms. The van der Waals surface area contributed by atoms with Gasteiger partial charge in [0.25, 0.3) is 0 Å². The lowest BCUT2D eigenvalue weighted by Crippen LogP contribution is -1.94. The first-order valence-electron chi connectivity index (χ1n) is 18.7. The summed E-state index contributed by atoms with van der Waals surface area (Å²) in [6, 6.07) is 30.4. The van der Waals surface area contributed by atoms with Crippen LogP contribution in [-0.2, 0) is 0 Å². The summed E-state index contributed by atoms with van der Waals surface area (Å²) in [6.45, 7) is 20.5. The maximum absolute atomic E-state index is 6.28. The zero-order chi connectivity index (χ0) is 38.5. The van der Waals surface area contributed by atoms with E-state index < -0.39 is 0 Å². The van der Waals surface area contributed by atoms with Crippen molar-refractivity contribution in [2.24, 2.45) is 0 Å². The van der Waals surface area contributed by atoms with Crippen molar-refractivity contribution in [1.82, 2.24) is 9.97 Å². The maximum Gasteiger partial charge on any atom is 0.247 e. The Kier molecular flexibility index (Phi) is 12.0. The van der Waals surface area contributed by atoms with E-state index in [1.165, 1.54) is 69.6 Å². The zero-order valence-electron chi connectivity index (χ0n) is 32.5. The van der Waals surface area contributed by atoms with Crippen LogP contribution in [0.5, 0.6) is 0 Å². The zero-order valence-corrected chi connectivity index (χ0v) is 34.0. The quantitative estimate of drug-likeness (QED) is 0.159. The molecule has 0 radical (unpaired) electrons. The van der Waals surface area contributed by atoms with Gasteiger partial charge in [0.2, 0.25) is 5.71 Å². The van der Waals surface area contributed by atoms with Crippen molar-refractivity contribution in [3.8, 4) is 11.3 Å². The highest BCUT2D eigenvalue weighted by Gasteiger charge is 2.20. The molecule has 0 amide bonds. The van der Waals surface area contributed by atoms with Crippen LogP contribution in [0.4, 0.5) is 0 Å². The molecule has 272 valence electrons. The number of fused-ring (bicyclic) bond motifs is 7. The third-order valence-electron chi connectivity index (χ3n) is 9.70. The minimum Gasteiger partial charge on any atom is -0.441 e. The number of rotatable bonds is 6. The van der Waals surface area contributed by atoms with Crippen molar-refractivity contribution in [3.63, 3.8) is 0 Å². The molecule has 3 nitrogen and oxygen atoms in total. The summed E-state index contributed by atoms with van der Waals surface area (Å²) in [7, 11) is 0. The lowest BCUT2D eigenvalue weighted by atomic mass is 9.87. The summed E-state index contributed by atoms with van der Waals surface area (Å²) >= 11 is 8.22. The van der Waals surface area contributed by atoms with E-state index in [0.29, 0.717) is 22.1 Å². The lowest BCUT2D eigenvalue weighted by molar-refractivity contribution is 0.566. The molecule has 0 bridgehead atoms. The molecule has 5 aromatic carbocycles. The summed E-state index contributed by atoms with van der Waals surface area (Å²) in [5.41, 5.74) is 10.3. The monoisotopic (exact) mass is 746 g/mol. The molecule has 0 saturated carbocycles. The summed E-state index contributed by atoms with van der Waals surface area (Å²) in [5, 5.41) is 8.47. The Balaban J connectivity index is 0.000000184. The first-order chi connectivity index (χ1) is 26.2. The number of thiophene rings is 1. The molecule has 0 spiro atoms. The predicted octanol–water partition coefficient (Wildman–Crippen LogP) is 15.8. The highest BCUT2D eigenvalue weighted by molar-refractivity contribution is 7.26. The smallest absolute Gasteiger partial charge is 0.247 e. The van der Waals surface area contributed by atoms with E-state index in [1.54, 1.807) is 6.08 Å². The molecule has 8 rings (SSSR count). The topological polar surface area (TPSA) is 38.9 Å². The van der Waals surface area contributed by atoms with Gasteiger partial charge in [-0.25, -0.2) is 4.98 Å². The van der Waals surface area contributed by atoms with Gasteiger partial charge in [-0.05, 0) is 103 Å². The highest BCUT2D eigenvalue weighted by atomic mass is 35.5. The lowest BCUT2D eigenvalue weighted by Gasteiger charge is -2.17. The van der Waals surface area contributed by atoms with Crippen molar-refractivity contribution >= 4 is 87.5 Å². The molecule has 3 heterocycles. The van der Waals surface area contributed by atoms with E-state index >= 15 is 0 Å². The Morgan fingerprint density at radius 1 is 0.870 bits per heavy atom. The largest absolute Gasteiger partial charge is 0.441 e. The van der Waals surface area contributed by atoms with Crippen LogP contribution >= 0.6 is 22.9 Å². The molecule has 8 aromatic rings. The van der Waals surface area contributed by atoms with Crippen LogP contribution in [0.25, 0.3) is 75.9 Å². The maximum atomic E-state index is 6.28. The molecule has 0 aliphatic carbocycles. The minimum atomic E-state index is 0.337. The van der Waals surface area contributed by atoms with Gasteiger partial charge in [-0.15, -0.1) is 11.3 Å². The normalized spacial score (nSPS) is 12.1. The first-order valence-corrected chi connectivity index (χ1v) is 19.9. The second-order valence-electron chi connectivity index (χ2n) is 13.1. The van der Waals surface area contributed by atoms with E-state index in [2.05, 4.69) is 117 Å². The van der Waals surface area contributed by atoms with E-state index in [9.17, 15) is 0 Å². The Labute approximate surface area is 328 Å². The minimum absolute atomic E-state index is 0.337. The fourth-order valence-electron chi connectivity index (χ4n) is 6.99. The van der Waals surface area contributed by atoms with Gasteiger partial charge in [0, 0.05) is 31.3 Å². The molecule has 3 aromatic heterocycles. The number of allylic oxidation sites excluding steroid dienone is 6. The number of aryl methyl sites for hydroxylation is 3. The number of benzene rings is 5. The third kappa shape index (κ3) is 7.29. The van der Waals surface area contributed by atoms with E-state index in [1.807, 2.05) is 75.4 Å². The van der Waals surface area contributed by atoms with E-state index in [4.69, 9.17) is 16.0 Å². The number of hydrogen-bond donors (Lipinski definition) is 0. The van der Waals surface area contributed by atoms with Gasteiger partial charge in [-0.3, -0.25) is 0 Å². The highest BCUT2D eigenvalue weighted by Crippen LogP contribution is 2.46. The van der Waals surface area contributed by atoms with Crippen molar-refractivity contribution in [2.75, 3.05) is 0 Å². The summed E-state index contributed by atoms with van der Waals surface area (Å²) in [5.74, 6) is 0.755. The molecule has 0 atom stereocenters. The average Bonchev–Trinajstić information content (AvgIpc) is 3.72. The SMILES string of the molecule is C/C=C(C)\C(=C/CC)c1c(C)c2sc3cc4ccccc4cc3c2c2ccccc12.C=C/C=C\c1c(C)oc2nc(Cl)c(-c3ccc(C)cc3)nc12.CC. The van der Waals surface area contributed by atoms with Gasteiger partial charge in [0.05, 0.1) is 0 Å². The summed E-state index contributed by atoms with van der Waals surface area (Å²) in [6.07, 6.45) is 11.1. The molecule has 0 saturated heterocycles. The number of hydrogen-bond acceptors (Lipinski definition) is 4. The molecule has 0 aliphatic rings. The Bertz CT molecular complexity index is 2740. The number of furan rings is 1. The second kappa shape index (κ2) is 16.8. The molecular formula is C49H47ClN2OS.